The van der Waals surface area contributed by atoms with E-state index in [0.29, 0.717) is 11.1 Å². The number of nitrogens with zero attached hydrogens (tertiary/aromatic N) is 1. The molecule has 1 saturated heterocycles. The molecule has 0 spiro atoms. The van der Waals surface area contributed by atoms with Crippen molar-refractivity contribution in [3.63, 3.8) is 0 Å². The molecule has 0 atom stereocenters. The predicted octanol–water partition coefficient (Wildman–Crippen LogP) is 2.03. The highest BCUT2D eigenvalue weighted by molar-refractivity contribution is 5.91. The van der Waals surface area contributed by atoms with Crippen molar-refractivity contribution < 1.29 is 28.7 Å². The van der Waals surface area contributed by atoms with Gasteiger partial charge in [0, 0.05) is 18.7 Å². The van der Waals surface area contributed by atoms with Gasteiger partial charge in [-0.25, -0.2) is 19.9 Å². The number of hydroxylamine groups is 1. The minimum absolute atomic E-state index is 0.00316. The van der Waals surface area contributed by atoms with Crippen LogP contribution in [-0.2, 0) is 19.1 Å². The van der Waals surface area contributed by atoms with Gasteiger partial charge in [-0.05, 0) is 32.9 Å². The van der Waals surface area contributed by atoms with Gasteiger partial charge in [-0.1, -0.05) is 18.2 Å². The van der Waals surface area contributed by atoms with Crippen LogP contribution < -0.4 is 5.48 Å². The molecular weight excluding hydrogens is 340 g/mol. The van der Waals surface area contributed by atoms with Crippen LogP contribution in [0.5, 0.6) is 0 Å². The van der Waals surface area contributed by atoms with Gasteiger partial charge >= 0.3 is 18.0 Å². The maximum atomic E-state index is 12.0. The third kappa shape index (κ3) is 4.98. The molecule has 2 rings (SSSR count). The third-order valence-corrected chi connectivity index (χ3v) is 3.41. The predicted molar refractivity (Wildman–Crippen MR) is 91.8 cm³/mol. The Bertz CT molecular complexity index is 713. The molecule has 8 nitrogen and oxygen atoms in total. The average Bonchev–Trinajstić information content (AvgIpc) is 2.54. The van der Waals surface area contributed by atoms with Gasteiger partial charge in [-0.3, -0.25) is 4.90 Å². The summed E-state index contributed by atoms with van der Waals surface area (Å²) < 4.78 is 9.95. The van der Waals surface area contributed by atoms with Gasteiger partial charge in [0.2, 0.25) is 0 Å². The van der Waals surface area contributed by atoms with E-state index in [1.54, 1.807) is 51.1 Å². The van der Waals surface area contributed by atoms with E-state index in [9.17, 15) is 14.4 Å². The zero-order valence-corrected chi connectivity index (χ0v) is 15.2. The summed E-state index contributed by atoms with van der Waals surface area (Å²) in [5.41, 5.74) is 2.65. The van der Waals surface area contributed by atoms with E-state index in [-0.39, 0.29) is 18.8 Å². The average molecular weight is 362 g/mol. The Hall–Kier alpha value is -3.03. The van der Waals surface area contributed by atoms with Crippen LogP contribution in [0.25, 0.3) is 0 Å². The van der Waals surface area contributed by atoms with Crippen molar-refractivity contribution in [1.82, 2.24) is 10.4 Å². The number of benzene rings is 1. The SMILES string of the molecule is COC(=O)C(NOC(=O)c1ccccc1)=C1CN(C(=O)OC(C)(C)C)C1. The largest absolute Gasteiger partial charge is 0.464 e. The monoisotopic (exact) mass is 362 g/mol. The summed E-state index contributed by atoms with van der Waals surface area (Å²) in [6, 6.07) is 8.33. The molecule has 0 unspecified atom stereocenters. The summed E-state index contributed by atoms with van der Waals surface area (Å²) >= 11 is 0. The number of hydrogen-bond donors (Lipinski definition) is 1. The van der Waals surface area contributed by atoms with Crippen LogP contribution >= 0.6 is 0 Å². The summed E-state index contributed by atoms with van der Waals surface area (Å²) in [6.45, 7) is 5.66. The molecule has 1 aliphatic rings. The van der Waals surface area contributed by atoms with Gasteiger partial charge in [-0.2, -0.15) is 0 Å². The van der Waals surface area contributed by atoms with Gasteiger partial charge in [0.15, 0.2) is 5.70 Å². The quantitative estimate of drug-likeness (QED) is 0.379. The smallest absolute Gasteiger partial charge is 0.410 e. The normalized spacial score (nSPS) is 13.4. The highest BCUT2D eigenvalue weighted by Crippen LogP contribution is 2.21. The highest BCUT2D eigenvalue weighted by Gasteiger charge is 2.34. The summed E-state index contributed by atoms with van der Waals surface area (Å²) in [6.07, 6.45) is -0.480. The molecule has 140 valence electrons. The second-order valence-corrected chi connectivity index (χ2v) is 6.66. The van der Waals surface area contributed by atoms with Crippen LogP contribution in [0, 0.1) is 0 Å². The number of amides is 1. The van der Waals surface area contributed by atoms with Crippen molar-refractivity contribution in [2.24, 2.45) is 0 Å². The zero-order valence-electron chi connectivity index (χ0n) is 15.2. The molecule has 0 radical (unpaired) electrons. The Labute approximate surface area is 151 Å². The second-order valence-electron chi connectivity index (χ2n) is 6.66. The van der Waals surface area contributed by atoms with Crippen LogP contribution in [0.15, 0.2) is 41.6 Å². The summed E-state index contributed by atoms with van der Waals surface area (Å²) in [5, 5.41) is 0. The first kappa shape index (κ1) is 19.3. The number of rotatable bonds is 4. The lowest BCUT2D eigenvalue weighted by atomic mass is 10.1. The van der Waals surface area contributed by atoms with E-state index in [1.807, 2.05) is 0 Å². The van der Waals surface area contributed by atoms with Gasteiger partial charge in [-0.15, -0.1) is 0 Å². The van der Waals surface area contributed by atoms with Crippen LogP contribution in [-0.4, -0.2) is 48.7 Å². The molecule has 1 N–H and O–H groups in total. The number of ether oxygens (including phenoxy) is 2. The lowest BCUT2D eigenvalue weighted by Crippen LogP contribution is -2.49. The molecule has 1 heterocycles. The van der Waals surface area contributed by atoms with Crippen molar-refractivity contribution in [3.8, 4) is 0 Å². The minimum atomic E-state index is -0.690. The molecule has 1 fully saturated rings. The van der Waals surface area contributed by atoms with Crippen molar-refractivity contribution in [2.45, 2.75) is 26.4 Å². The first-order chi connectivity index (χ1) is 12.2. The van der Waals surface area contributed by atoms with Gasteiger partial charge < -0.3 is 14.3 Å². The van der Waals surface area contributed by atoms with Crippen molar-refractivity contribution in [1.29, 1.82) is 0 Å². The third-order valence-electron chi connectivity index (χ3n) is 3.41. The maximum absolute atomic E-state index is 12.0. The standard InChI is InChI=1S/C18H22N2O6/c1-18(2,3)25-17(23)20-10-13(11-20)14(16(22)24-4)19-26-15(21)12-8-6-5-7-9-12/h5-9,19H,10-11H2,1-4H3. The molecule has 8 heteroatoms. The first-order valence-corrected chi connectivity index (χ1v) is 8.02. The van der Waals surface area contributed by atoms with E-state index in [1.165, 1.54) is 12.0 Å². The van der Waals surface area contributed by atoms with E-state index in [0.717, 1.165) is 0 Å². The zero-order chi connectivity index (χ0) is 19.3. The fourth-order valence-corrected chi connectivity index (χ4v) is 2.12. The Kier molecular flexibility index (Phi) is 5.86. The molecule has 1 aliphatic heterocycles. The van der Waals surface area contributed by atoms with Crippen LogP contribution in [0.3, 0.4) is 0 Å². The van der Waals surface area contributed by atoms with E-state index in [2.05, 4.69) is 5.48 Å². The number of likely N-dealkylation sites (tertiary alicyclic amines) is 1. The minimum Gasteiger partial charge on any atom is -0.464 e. The Morgan fingerprint density at radius 2 is 1.69 bits per heavy atom. The van der Waals surface area contributed by atoms with Crippen LogP contribution in [0.2, 0.25) is 0 Å². The molecule has 1 aromatic carbocycles. The van der Waals surface area contributed by atoms with Gasteiger partial charge in [0.05, 0.1) is 12.7 Å². The molecule has 1 amide bonds. The number of nitrogens with one attached hydrogen (secondary N) is 1. The first-order valence-electron chi connectivity index (χ1n) is 8.02. The Morgan fingerprint density at radius 1 is 1.08 bits per heavy atom. The fourth-order valence-electron chi connectivity index (χ4n) is 2.12. The number of carbonyl (C=O) groups excluding carboxylic acids is 3. The van der Waals surface area contributed by atoms with Crippen molar-refractivity contribution in [3.05, 3.63) is 47.2 Å². The summed E-state index contributed by atoms with van der Waals surface area (Å²) in [5.74, 6) is -1.33. The van der Waals surface area contributed by atoms with Crippen molar-refractivity contribution in [2.75, 3.05) is 20.2 Å². The van der Waals surface area contributed by atoms with E-state index in [4.69, 9.17) is 14.3 Å². The lowest BCUT2D eigenvalue weighted by molar-refractivity contribution is -0.137. The van der Waals surface area contributed by atoms with Crippen LogP contribution in [0.1, 0.15) is 31.1 Å². The summed E-state index contributed by atoms with van der Waals surface area (Å²) in [7, 11) is 1.22. The molecular formula is C18H22N2O6. The molecule has 0 bridgehead atoms. The number of hydrogen-bond acceptors (Lipinski definition) is 7. The Balaban J connectivity index is 2.00. The Morgan fingerprint density at radius 3 is 2.23 bits per heavy atom. The molecule has 0 saturated carbocycles. The molecule has 26 heavy (non-hydrogen) atoms. The van der Waals surface area contributed by atoms with Gasteiger partial charge in [0.1, 0.15) is 5.60 Å². The fraction of sp³-hybridized carbons (Fsp3) is 0.389. The highest BCUT2D eigenvalue weighted by atomic mass is 16.7. The maximum Gasteiger partial charge on any atom is 0.410 e. The lowest BCUT2D eigenvalue weighted by Gasteiger charge is -2.36. The van der Waals surface area contributed by atoms with Crippen molar-refractivity contribution >= 4 is 18.0 Å². The number of methoxy groups -OCH3 is 1. The second kappa shape index (κ2) is 7.90. The molecule has 0 aromatic heterocycles. The topological polar surface area (TPSA) is 94.2 Å². The number of carbonyl (C=O) groups is 3. The molecule has 1 aromatic rings. The van der Waals surface area contributed by atoms with E-state index < -0.39 is 23.6 Å². The van der Waals surface area contributed by atoms with Crippen LogP contribution in [0.4, 0.5) is 4.79 Å². The molecule has 0 aliphatic carbocycles. The van der Waals surface area contributed by atoms with E-state index >= 15 is 0 Å². The summed E-state index contributed by atoms with van der Waals surface area (Å²) in [4.78, 5) is 42.2. The number of esters is 1. The van der Waals surface area contributed by atoms with Gasteiger partial charge in [0.25, 0.3) is 0 Å².